The van der Waals surface area contributed by atoms with Crippen molar-refractivity contribution in [2.24, 2.45) is 7.05 Å². The van der Waals surface area contributed by atoms with Gasteiger partial charge in [-0.25, -0.2) is 9.13 Å². The zero-order chi connectivity index (χ0) is 8.27. The van der Waals surface area contributed by atoms with Crippen molar-refractivity contribution >= 4 is 0 Å². The summed E-state index contributed by atoms with van der Waals surface area (Å²) in [7, 11) is 1.90. The highest BCUT2D eigenvalue weighted by Crippen LogP contribution is 1.88. The minimum atomic E-state index is -0.664. The average Bonchev–Trinajstić information content (AvgIpc) is 2.35. The van der Waals surface area contributed by atoms with Crippen LogP contribution in [0.4, 0.5) is 0 Å². The fourth-order valence-electron chi connectivity index (χ4n) is 0.911. The number of aryl methyl sites for hydroxylation is 1. The lowest BCUT2D eigenvalue weighted by molar-refractivity contribution is -0.671. The number of aliphatic hydroxyl groups is 2. The van der Waals surface area contributed by atoms with E-state index in [0.717, 1.165) is 0 Å². The van der Waals surface area contributed by atoms with Crippen LogP contribution < -0.4 is 17.0 Å². The molecule has 5 heteroatoms. The maximum absolute atomic E-state index is 9.04. The van der Waals surface area contributed by atoms with Gasteiger partial charge >= 0.3 is 0 Å². The Morgan fingerprint density at radius 2 is 2.25 bits per heavy atom. The van der Waals surface area contributed by atoms with E-state index in [2.05, 4.69) is 0 Å². The summed E-state index contributed by atoms with van der Waals surface area (Å²) in [5.41, 5.74) is 0. The largest absolute Gasteiger partial charge is 1.00 e. The predicted molar refractivity (Wildman–Crippen MR) is 38.7 cm³/mol. The molecular weight excluding hydrogens is 180 g/mol. The van der Waals surface area contributed by atoms with Gasteiger partial charge in [-0.3, -0.25) is 0 Å². The van der Waals surface area contributed by atoms with Crippen LogP contribution in [0, 0.1) is 0 Å². The molecule has 0 unspecified atom stereocenters. The fourth-order valence-corrected chi connectivity index (χ4v) is 0.911. The third-order valence-electron chi connectivity index (χ3n) is 1.46. The second-order valence-electron chi connectivity index (χ2n) is 2.61. The maximum atomic E-state index is 9.04. The molecule has 70 valence electrons. The molecule has 1 atom stereocenters. The van der Waals surface area contributed by atoms with E-state index < -0.39 is 6.10 Å². The van der Waals surface area contributed by atoms with Crippen LogP contribution in [-0.2, 0) is 13.6 Å². The molecule has 0 saturated heterocycles. The Bertz CT molecular complexity index is 227. The summed E-state index contributed by atoms with van der Waals surface area (Å²) in [6, 6.07) is 0. The zero-order valence-electron chi connectivity index (χ0n) is 6.89. The van der Waals surface area contributed by atoms with Gasteiger partial charge in [0.05, 0.1) is 13.7 Å². The molecule has 12 heavy (non-hydrogen) atoms. The standard InChI is InChI=1S/C7H13N2O2.ClH/c1-8-2-3-9(6-8)4-7(11)5-10;/h2-3,6-7,10-11H,4-5H2,1H3;1H/q+1;/p-1/t7-;/m1./s1. The van der Waals surface area contributed by atoms with Crippen molar-refractivity contribution in [3.8, 4) is 0 Å². The van der Waals surface area contributed by atoms with Crippen LogP contribution in [0.25, 0.3) is 0 Å². The molecule has 0 spiro atoms. The second-order valence-corrected chi connectivity index (χ2v) is 2.61. The molecule has 0 saturated carbocycles. The Morgan fingerprint density at radius 3 is 2.67 bits per heavy atom. The van der Waals surface area contributed by atoms with Gasteiger partial charge in [-0.05, 0) is 0 Å². The summed E-state index contributed by atoms with van der Waals surface area (Å²) in [5, 5.41) is 17.6. The van der Waals surface area contributed by atoms with E-state index in [-0.39, 0.29) is 19.0 Å². The summed E-state index contributed by atoms with van der Waals surface area (Å²) in [5.74, 6) is 0. The van der Waals surface area contributed by atoms with E-state index in [9.17, 15) is 0 Å². The topological polar surface area (TPSA) is 49.3 Å². The molecule has 4 nitrogen and oxygen atoms in total. The van der Waals surface area contributed by atoms with Crippen molar-refractivity contribution in [2.75, 3.05) is 6.61 Å². The van der Waals surface area contributed by atoms with Crippen molar-refractivity contribution in [3.63, 3.8) is 0 Å². The highest BCUT2D eigenvalue weighted by molar-refractivity contribution is 4.68. The number of imidazole rings is 1. The quantitative estimate of drug-likeness (QED) is 0.476. The smallest absolute Gasteiger partial charge is 0.243 e. The lowest BCUT2D eigenvalue weighted by atomic mass is 10.4. The molecule has 1 aromatic rings. The van der Waals surface area contributed by atoms with Gasteiger partial charge in [0.1, 0.15) is 25.0 Å². The predicted octanol–water partition coefficient (Wildman–Crippen LogP) is -4.33. The molecule has 1 heterocycles. The Hall–Kier alpha value is -0.580. The number of rotatable bonds is 3. The van der Waals surface area contributed by atoms with Gasteiger partial charge in [-0.2, -0.15) is 0 Å². The first-order valence-corrected chi connectivity index (χ1v) is 3.52. The van der Waals surface area contributed by atoms with Crippen LogP contribution in [0.5, 0.6) is 0 Å². The van der Waals surface area contributed by atoms with Gasteiger partial charge in [0, 0.05) is 0 Å². The van der Waals surface area contributed by atoms with Crippen LogP contribution in [0.3, 0.4) is 0 Å². The molecule has 0 aliphatic rings. The first-order chi connectivity index (χ1) is 5.22. The van der Waals surface area contributed by atoms with Crippen molar-refractivity contribution in [1.29, 1.82) is 0 Å². The van der Waals surface area contributed by atoms with Gasteiger partial charge < -0.3 is 22.6 Å². The van der Waals surface area contributed by atoms with Crippen LogP contribution in [0.1, 0.15) is 0 Å². The van der Waals surface area contributed by atoms with Crippen molar-refractivity contribution in [2.45, 2.75) is 12.6 Å². The zero-order valence-corrected chi connectivity index (χ0v) is 7.65. The first-order valence-electron chi connectivity index (χ1n) is 3.52. The van der Waals surface area contributed by atoms with Gasteiger partial charge in [-0.1, -0.05) is 0 Å². The summed E-state index contributed by atoms with van der Waals surface area (Å²) in [4.78, 5) is 0. The monoisotopic (exact) mass is 192 g/mol. The molecule has 0 amide bonds. The highest BCUT2D eigenvalue weighted by Gasteiger charge is 2.06. The van der Waals surface area contributed by atoms with Gasteiger partial charge in [0.25, 0.3) is 0 Å². The molecule has 1 aromatic heterocycles. The minimum absolute atomic E-state index is 0. The normalized spacial score (nSPS) is 12.2. The van der Waals surface area contributed by atoms with E-state index in [4.69, 9.17) is 10.2 Å². The van der Waals surface area contributed by atoms with E-state index >= 15 is 0 Å². The molecule has 0 aromatic carbocycles. The van der Waals surface area contributed by atoms with Gasteiger partial charge in [0.2, 0.25) is 6.33 Å². The third-order valence-corrected chi connectivity index (χ3v) is 1.46. The Kier molecular flexibility index (Phi) is 4.89. The summed E-state index contributed by atoms with van der Waals surface area (Å²) in [6.45, 7) is 0.249. The second kappa shape index (κ2) is 5.13. The molecular formula is C7H13ClN2O2. The van der Waals surface area contributed by atoms with Gasteiger partial charge in [0.15, 0.2) is 0 Å². The summed E-state index contributed by atoms with van der Waals surface area (Å²) >= 11 is 0. The van der Waals surface area contributed by atoms with Crippen LogP contribution in [-0.4, -0.2) is 27.5 Å². The van der Waals surface area contributed by atoms with Crippen molar-refractivity contribution < 1.29 is 27.2 Å². The lowest BCUT2D eigenvalue weighted by Gasteiger charge is -2.01. The number of aromatic nitrogens is 2. The highest BCUT2D eigenvalue weighted by atomic mass is 35.5. The average molecular weight is 193 g/mol. The van der Waals surface area contributed by atoms with E-state index in [1.165, 1.54) is 0 Å². The Morgan fingerprint density at radius 1 is 1.58 bits per heavy atom. The van der Waals surface area contributed by atoms with Crippen LogP contribution in [0.2, 0.25) is 0 Å². The molecule has 0 aliphatic heterocycles. The summed E-state index contributed by atoms with van der Waals surface area (Å²) < 4.78 is 3.70. The molecule has 2 N–H and O–H groups in total. The molecule has 0 radical (unpaired) electrons. The number of halogens is 1. The Balaban J connectivity index is 0.00000121. The fraction of sp³-hybridized carbons (Fsp3) is 0.571. The number of hydrogen-bond acceptors (Lipinski definition) is 2. The minimum Gasteiger partial charge on any atom is -1.00 e. The Labute approximate surface area is 77.5 Å². The summed E-state index contributed by atoms with van der Waals surface area (Å²) in [6.07, 6.45) is 4.91. The van der Waals surface area contributed by atoms with Crippen molar-refractivity contribution in [3.05, 3.63) is 18.7 Å². The lowest BCUT2D eigenvalue weighted by Crippen LogP contribution is -3.00. The van der Waals surface area contributed by atoms with E-state index in [1.807, 2.05) is 34.9 Å². The van der Waals surface area contributed by atoms with Crippen LogP contribution in [0.15, 0.2) is 18.7 Å². The number of aliphatic hydroxyl groups excluding tert-OH is 2. The van der Waals surface area contributed by atoms with Crippen LogP contribution >= 0.6 is 0 Å². The number of hydrogen-bond donors (Lipinski definition) is 2. The molecule has 0 aliphatic carbocycles. The molecule has 1 rings (SSSR count). The maximum Gasteiger partial charge on any atom is 0.243 e. The van der Waals surface area contributed by atoms with E-state index in [1.54, 1.807) is 0 Å². The third kappa shape index (κ3) is 3.21. The first kappa shape index (κ1) is 11.4. The van der Waals surface area contributed by atoms with Crippen molar-refractivity contribution in [1.82, 2.24) is 4.57 Å². The van der Waals surface area contributed by atoms with Gasteiger partial charge in [-0.15, -0.1) is 0 Å². The van der Waals surface area contributed by atoms with E-state index in [0.29, 0.717) is 6.54 Å². The molecule has 0 fully saturated rings. The molecule has 0 bridgehead atoms. The SMILES string of the molecule is C[n+]1ccn(C[C@@H](O)CO)c1.[Cl-]. The number of nitrogens with zero attached hydrogens (tertiary/aromatic N) is 2.